The first-order valence-corrected chi connectivity index (χ1v) is 7.96. The number of H-pyrrole nitrogens is 1. The molecule has 22 heavy (non-hydrogen) atoms. The molecule has 1 aliphatic heterocycles. The number of aromatic amines is 1. The molecule has 1 saturated heterocycles. The zero-order valence-corrected chi connectivity index (χ0v) is 12.8. The molecule has 0 aromatic carbocycles. The first kappa shape index (κ1) is 13.3. The number of rotatable bonds is 2. The van der Waals surface area contributed by atoms with Gasteiger partial charge in [0.2, 0.25) is 0 Å². The number of nitrogens with one attached hydrogen (secondary N) is 1. The van der Waals surface area contributed by atoms with Crippen molar-refractivity contribution in [3.63, 3.8) is 0 Å². The Morgan fingerprint density at radius 1 is 1.23 bits per heavy atom. The molecule has 4 heterocycles. The van der Waals surface area contributed by atoms with Crippen LogP contribution in [0.5, 0.6) is 0 Å². The maximum Gasteiger partial charge on any atom is 0.137 e. The summed E-state index contributed by atoms with van der Waals surface area (Å²) in [6, 6.07) is 10.4. The second-order valence-electron chi connectivity index (χ2n) is 6.17. The summed E-state index contributed by atoms with van der Waals surface area (Å²) in [5, 5.41) is 1.12. The van der Waals surface area contributed by atoms with Gasteiger partial charge < -0.3 is 9.88 Å². The van der Waals surface area contributed by atoms with Gasteiger partial charge in [-0.25, -0.2) is 9.97 Å². The third kappa shape index (κ3) is 2.34. The van der Waals surface area contributed by atoms with Crippen LogP contribution in [-0.4, -0.2) is 28.0 Å². The van der Waals surface area contributed by atoms with Gasteiger partial charge in [0, 0.05) is 36.4 Å². The lowest BCUT2D eigenvalue weighted by molar-refractivity contribution is 0.444. The van der Waals surface area contributed by atoms with E-state index in [0.29, 0.717) is 0 Å². The van der Waals surface area contributed by atoms with Crippen LogP contribution >= 0.6 is 0 Å². The fourth-order valence-electron chi connectivity index (χ4n) is 3.33. The summed E-state index contributed by atoms with van der Waals surface area (Å²) in [5.74, 6) is 1.83. The molecule has 0 unspecified atom stereocenters. The molecule has 1 aliphatic rings. The highest BCUT2D eigenvalue weighted by Crippen LogP contribution is 2.28. The fraction of sp³-hybridized carbons (Fsp3) is 0.333. The van der Waals surface area contributed by atoms with Crippen LogP contribution in [-0.2, 0) is 0 Å². The van der Waals surface area contributed by atoms with E-state index >= 15 is 0 Å². The van der Waals surface area contributed by atoms with Crippen LogP contribution in [0.4, 0.5) is 5.82 Å². The SMILES string of the molecule is C[C@H]1CCCN(c2cccc(-c3ccnc4[nH]ccc34)n2)C1. The van der Waals surface area contributed by atoms with Gasteiger partial charge in [-0.3, -0.25) is 0 Å². The number of nitrogens with zero attached hydrogens (tertiary/aromatic N) is 3. The first-order valence-electron chi connectivity index (χ1n) is 7.96. The van der Waals surface area contributed by atoms with Gasteiger partial charge in [-0.1, -0.05) is 13.0 Å². The Hall–Kier alpha value is -2.36. The summed E-state index contributed by atoms with van der Waals surface area (Å²) in [5.41, 5.74) is 3.07. The lowest BCUT2D eigenvalue weighted by Gasteiger charge is -2.32. The highest BCUT2D eigenvalue weighted by atomic mass is 15.2. The Kier molecular flexibility index (Phi) is 3.29. The molecule has 4 heteroatoms. The lowest BCUT2D eigenvalue weighted by atomic mass is 10.0. The number of hydrogen-bond acceptors (Lipinski definition) is 3. The average Bonchev–Trinajstić information content (AvgIpc) is 3.03. The predicted molar refractivity (Wildman–Crippen MR) is 89.9 cm³/mol. The van der Waals surface area contributed by atoms with Crippen LogP contribution < -0.4 is 4.90 Å². The van der Waals surface area contributed by atoms with Crippen LogP contribution in [0.15, 0.2) is 42.7 Å². The van der Waals surface area contributed by atoms with Crippen molar-refractivity contribution in [2.45, 2.75) is 19.8 Å². The molecule has 1 N–H and O–H groups in total. The van der Waals surface area contributed by atoms with Crippen molar-refractivity contribution in [3.8, 4) is 11.3 Å². The van der Waals surface area contributed by atoms with E-state index in [0.717, 1.165) is 47.1 Å². The lowest BCUT2D eigenvalue weighted by Crippen LogP contribution is -2.34. The van der Waals surface area contributed by atoms with Crippen LogP contribution in [0.25, 0.3) is 22.3 Å². The largest absolute Gasteiger partial charge is 0.356 e. The van der Waals surface area contributed by atoms with Crippen LogP contribution in [0.1, 0.15) is 19.8 Å². The molecule has 3 aromatic rings. The minimum Gasteiger partial charge on any atom is -0.356 e. The molecule has 4 nitrogen and oxygen atoms in total. The van der Waals surface area contributed by atoms with Gasteiger partial charge in [0.15, 0.2) is 0 Å². The van der Waals surface area contributed by atoms with Crippen molar-refractivity contribution in [1.82, 2.24) is 15.0 Å². The topological polar surface area (TPSA) is 44.8 Å². The van der Waals surface area contributed by atoms with Gasteiger partial charge in [0.05, 0.1) is 5.69 Å². The van der Waals surface area contributed by atoms with Gasteiger partial charge in [0.1, 0.15) is 11.5 Å². The van der Waals surface area contributed by atoms with E-state index in [1.54, 1.807) is 0 Å². The van der Waals surface area contributed by atoms with Crippen LogP contribution in [0, 0.1) is 5.92 Å². The fourth-order valence-corrected chi connectivity index (χ4v) is 3.33. The van der Waals surface area contributed by atoms with Gasteiger partial charge in [-0.2, -0.15) is 0 Å². The third-order valence-electron chi connectivity index (χ3n) is 4.45. The Morgan fingerprint density at radius 3 is 3.09 bits per heavy atom. The van der Waals surface area contributed by atoms with E-state index < -0.39 is 0 Å². The van der Waals surface area contributed by atoms with E-state index in [-0.39, 0.29) is 0 Å². The zero-order valence-electron chi connectivity index (χ0n) is 12.8. The van der Waals surface area contributed by atoms with Crippen molar-refractivity contribution in [2.24, 2.45) is 5.92 Å². The number of fused-ring (bicyclic) bond motifs is 1. The summed E-state index contributed by atoms with van der Waals surface area (Å²) in [4.78, 5) is 14.8. The zero-order chi connectivity index (χ0) is 14.9. The standard InChI is InChI=1S/C18H20N4/c1-13-4-3-11-22(12-13)17-6-2-5-16(21-17)14-7-9-19-18-15(14)8-10-20-18/h2,5-10,13H,3-4,11-12H2,1H3,(H,19,20)/t13-/m0/s1. The van der Waals surface area contributed by atoms with Crippen molar-refractivity contribution in [2.75, 3.05) is 18.0 Å². The summed E-state index contributed by atoms with van der Waals surface area (Å²) in [7, 11) is 0. The summed E-state index contributed by atoms with van der Waals surface area (Å²) in [6.45, 7) is 4.53. The molecule has 112 valence electrons. The molecular weight excluding hydrogens is 272 g/mol. The Morgan fingerprint density at radius 2 is 2.18 bits per heavy atom. The minimum atomic E-state index is 0.747. The van der Waals surface area contributed by atoms with Gasteiger partial charge >= 0.3 is 0 Å². The Bertz CT molecular complexity index is 792. The predicted octanol–water partition coefficient (Wildman–Crippen LogP) is 3.86. The van der Waals surface area contributed by atoms with E-state index in [9.17, 15) is 0 Å². The molecule has 0 bridgehead atoms. The second kappa shape index (κ2) is 5.44. The van der Waals surface area contributed by atoms with E-state index in [1.807, 2.05) is 18.5 Å². The number of hydrogen-bond donors (Lipinski definition) is 1. The smallest absolute Gasteiger partial charge is 0.137 e. The van der Waals surface area contributed by atoms with Crippen molar-refractivity contribution in [1.29, 1.82) is 0 Å². The van der Waals surface area contributed by atoms with E-state index in [1.165, 1.54) is 12.8 Å². The number of aromatic nitrogens is 3. The molecule has 0 radical (unpaired) electrons. The quantitative estimate of drug-likeness (QED) is 0.780. The molecule has 0 aliphatic carbocycles. The van der Waals surface area contributed by atoms with Crippen molar-refractivity contribution in [3.05, 3.63) is 42.7 Å². The average molecular weight is 292 g/mol. The summed E-state index contributed by atoms with van der Waals surface area (Å²) in [6.07, 6.45) is 6.34. The van der Waals surface area contributed by atoms with Gasteiger partial charge in [0.25, 0.3) is 0 Å². The highest BCUT2D eigenvalue weighted by Gasteiger charge is 2.18. The summed E-state index contributed by atoms with van der Waals surface area (Å²) >= 11 is 0. The highest BCUT2D eigenvalue weighted by molar-refractivity contribution is 5.91. The molecule has 3 aromatic heterocycles. The number of pyridine rings is 2. The first-order chi connectivity index (χ1) is 10.8. The summed E-state index contributed by atoms with van der Waals surface area (Å²) < 4.78 is 0. The molecular formula is C18H20N4. The monoisotopic (exact) mass is 292 g/mol. The van der Waals surface area contributed by atoms with E-state index in [4.69, 9.17) is 4.98 Å². The molecule has 4 rings (SSSR count). The molecule has 1 atom stereocenters. The molecule has 0 spiro atoms. The number of anilines is 1. The van der Waals surface area contributed by atoms with Crippen molar-refractivity contribution >= 4 is 16.9 Å². The maximum absolute atomic E-state index is 4.92. The third-order valence-corrected chi connectivity index (χ3v) is 4.45. The van der Waals surface area contributed by atoms with Crippen molar-refractivity contribution < 1.29 is 0 Å². The molecule has 0 amide bonds. The van der Waals surface area contributed by atoms with Crippen LogP contribution in [0.3, 0.4) is 0 Å². The second-order valence-corrected chi connectivity index (χ2v) is 6.17. The molecule has 1 fully saturated rings. The minimum absolute atomic E-state index is 0.747. The maximum atomic E-state index is 4.92. The van der Waals surface area contributed by atoms with Gasteiger partial charge in [-0.15, -0.1) is 0 Å². The van der Waals surface area contributed by atoms with Crippen LogP contribution in [0.2, 0.25) is 0 Å². The Balaban J connectivity index is 1.74. The molecule has 0 saturated carbocycles. The van der Waals surface area contributed by atoms with Gasteiger partial charge in [-0.05, 0) is 43.0 Å². The van der Waals surface area contributed by atoms with E-state index in [2.05, 4.69) is 46.1 Å². The Labute approximate surface area is 130 Å². The number of piperidine rings is 1. The normalized spacial score (nSPS) is 18.8.